The van der Waals surface area contributed by atoms with E-state index in [4.69, 9.17) is 5.11 Å². The normalized spacial score (nSPS) is 44.7. The standard InChI is InChI=1S/C20H30O4/c1-12(21)14-5-6-15-13-4-7-17(22)20(3,11-9-18(23)24)16(13)8-10-19(14,15)2/h13-16H,4-11H2,1-3H3,(H,23,24)/t13-,14+,15?,16?,19+,20+/m0/s1. The van der Waals surface area contributed by atoms with Crippen LogP contribution in [0, 0.1) is 34.5 Å². The molecule has 0 saturated heterocycles. The summed E-state index contributed by atoms with van der Waals surface area (Å²) in [6, 6.07) is 0. The molecule has 0 amide bonds. The van der Waals surface area contributed by atoms with Gasteiger partial charge in [-0.1, -0.05) is 13.8 Å². The van der Waals surface area contributed by atoms with Crippen molar-refractivity contribution in [2.24, 2.45) is 34.5 Å². The lowest BCUT2D eigenvalue weighted by Gasteiger charge is -2.55. The Bertz CT molecular complexity index is 568. The van der Waals surface area contributed by atoms with E-state index >= 15 is 0 Å². The monoisotopic (exact) mass is 334 g/mol. The van der Waals surface area contributed by atoms with Crippen LogP contribution in [0.5, 0.6) is 0 Å². The molecule has 4 heteroatoms. The molecule has 3 saturated carbocycles. The first-order valence-electron chi connectivity index (χ1n) is 9.45. The number of ketones is 2. The van der Waals surface area contributed by atoms with Gasteiger partial charge in [0.2, 0.25) is 0 Å². The molecule has 4 nitrogen and oxygen atoms in total. The summed E-state index contributed by atoms with van der Waals surface area (Å²) in [7, 11) is 0. The number of hydrogen-bond donors (Lipinski definition) is 1. The zero-order chi connectivity index (χ0) is 17.7. The average Bonchev–Trinajstić information content (AvgIpc) is 2.86. The molecule has 0 radical (unpaired) electrons. The molecule has 2 unspecified atom stereocenters. The van der Waals surface area contributed by atoms with Crippen molar-refractivity contribution in [3.63, 3.8) is 0 Å². The van der Waals surface area contributed by atoms with Gasteiger partial charge in [0.25, 0.3) is 0 Å². The molecule has 0 heterocycles. The summed E-state index contributed by atoms with van der Waals surface area (Å²) in [4.78, 5) is 35.8. The molecular formula is C20H30O4. The zero-order valence-electron chi connectivity index (χ0n) is 15.1. The van der Waals surface area contributed by atoms with Gasteiger partial charge in [-0.2, -0.15) is 0 Å². The molecule has 134 valence electrons. The highest BCUT2D eigenvalue weighted by molar-refractivity contribution is 5.86. The maximum absolute atomic E-state index is 12.7. The van der Waals surface area contributed by atoms with E-state index in [2.05, 4.69) is 6.92 Å². The van der Waals surface area contributed by atoms with Gasteiger partial charge >= 0.3 is 5.97 Å². The van der Waals surface area contributed by atoms with Crippen LogP contribution < -0.4 is 0 Å². The van der Waals surface area contributed by atoms with Crippen molar-refractivity contribution in [3.05, 3.63) is 0 Å². The highest BCUT2D eigenvalue weighted by Crippen LogP contribution is 2.64. The quantitative estimate of drug-likeness (QED) is 0.847. The fraction of sp³-hybridized carbons (Fsp3) is 0.850. The van der Waals surface area contributed by atoms with Crippen LogP contribution in [0.15, 0.2) is 0 Å². The molecule has 0 bridgehead atoms. The van der Waals surface area contributed by atoms with Gasteiger partial charge < -0.3 is 5.11 Å². The number of aliphatic carboxylic acids is 1. The third-order valence-corrected chi connectivity index (χ3v) is 7.95. The number of hydrogen-bond acceptors (Lipinski definition) is 3. The molecule has 0 spiro atoms. The van der Waals surface area contributed by atoms with Gasteiger partial charge in [0.15, 0.2) is 0 Å². The number of Topliss-reactive ketones (excluding diaryl/α,β-unsaturated/α-hetero) is 2. The van der Waals surface area contributed by atoms with Gasteiger partial charge in [-0.05, 0) is 68.6 Å². The molecule has 3 rings (SSSR count). The van der Waals surface area contributed by atoms with Gasteiger partial charge in [-0.15, -0.1) is 0 Å². The van der Waals surface area contributed by atoms with E-state index in [1.54, 1.807) is 6.92 Å². The topological polar surface area (TPSA) is 71.4 Å². The summed E-state index contributed by atoms with van der Waals surface area (Å²) >= 11 is 0. The number of carbonyl (C=O) groups excluding carboxylic acids is 2. The van der Waals surface area contributed by atoms with Crippen LogP contribution in [0.25, 0.3) is 0 Å². The Morgan fingerprint density at radius 2 is 1.83 bits per heavy atom. The average molecular weight is 334 g/mol. The summed E-state index contributed by atoms with van der Waals surface area (Å²) in [5.41, 5.74) is -0.405. The summed E-state index contributed by atoms with van der Waals surface area (Å²) in [5.74, 6) is 1.22. The minimum absolute atomic E-state index is 0.0729. The Morgan fingerprint density at radius 3 is 2.46 bits per heavy atom. The van der Waals surface area contributed by atoms with Crippen LogP contribution in [-0.2, 0) is 14.4 Å². The van der Waals surface area contributed by atoms with Gasteiger partial charge in [0.1, 0.15) is 11.6 Å². The number of carboxylic acids is 1. The van der Waals surface area contributed by atoms with Gasteiger partial charge in [-0.25, -0.2) is 0 Å². The van der Waals surface area contributed by atoms with Crippen molar-refractivity contribution in [1.29, 1.82) is 0 Å². The van der Waals surface area contributed by atoms with Crippen molar-refractivity contribution in [2.75, 3.05) is 0 Å². The fourth-order valence-electron chi connectivity index (χ4n) is 6.63. The summed E-state index contributed by atoms with van der Waals surface area (Å²) in [5, 5.41) is 9.08. The summed E-state index contributed by atoms with van der Waals surface area (Å²) in [6.07, 6.45) is 6.07. The molecule has 6 atom stereocenters. The molecule has 24 heavy (non-hydrogen) atoms. The molecule has 3 aliphatic carbocycles. The highest BCUT2D eigenvalue weighted by Gasteiger charge is 2.60. The van der Waals surface area contributed by atoms with E-state index in [-0.39, 0.29) is 23.5 Å². The second-order valence-electron chi connectivity index (χ2n) is 8.93. The minimum atomic E-state index is -0.815. The van der Waals surface area contributed by atoms with Gasteiger partial charge in [0, 0.05) is 24.2 Å². The predicted molar refractivity (Wildman–Crippen MR) is 90.4 cm³/mol. The zero-order valence-corrected chi connectivity index (χ0v) is 15.1. The molecule has 1 N–H and O–H groups in total. The molecule has 0 aromatic carbocycles. The third kappa shape index (κ3) is 2.53. The van der Waals surface area contributed by atoms with Crippen LogP contribution in [0.3, 0.4) is 0 Å². The van der Waals surface area contributed by atoms with Crippen LogP contribution in [0.2, 0.25) is 0 Å². The third-order valence-electron chi connectivity index (χ3n) is 7.95. The van der Waals surface area contributed by atoms with Crippen molar-refractivity contribution in [2.45, 2.75) is 72.1 Å². The maximum atomic E-state index is 12.7. The lowest BCUT2D eigenvalue weighted by atomic mass is 9.48. The molecule has 0 aromatic rings. The Labute approximate surface area is 144 Å². The molecule has 0 aromatic heterocycles. The first kappa shape index (κ1) is 17.6. The van der Waals surface area contributed by atoms with Crippen LogP contribution in [0.1, 0.15) is 72.1 Å². The molecule has 0 aliphatic heterocycles. The number of carboxylic acid groups (broad SMARTS) is 1. The van der Waals surface area contributed by atoms with E-state index in [0.717, 1.165) is 32.1 Å². The number of fused-ring (bicyclic) bond motifs is 3. The molecular weight excluding hydrogens is 304 g/mol. The van der Waals surface area contributed by atoms with Crippen LogP contribution >= 0.6 is 0 Å². The lowest BCUT2D eigenvalue weighted by molar-refractivity contribution is -0.149. The Morgan fingerprint density at radius 1 is 1.12 bits per heavy atom. The Kier molecular flexibility index (Phi) is 4.38. The number of rotatable bonds is 4. The van der Waals surface area contributed by atoms with E-state index in [1.165, 1.54) is 0 Å². The largest absolute Gasteiger partial charge is 0.481 e. The van der Waals surface area contributed by atoms with Crippen LogP contribution in [-0.4, -0.2) is 22.6 Å². The van der Waals surface area contributed by atoms with Crippen molar-refractivity contribution < 1.29 is 19.5 Å². The minimum Gasteiger partial charge on any atom is -0.481 e. The second-order valence-corrected chi connectivity index (χ2v) is 8.93. The number of carbonyl (C=O) groups is 3. The first-order valence-corrected chi connectivity index (χ1v) is 9.45. The second kappa shape index (κ2) is 5.96. The molecule has 3 fully saturated rings. The highest BCUT2D eigenvalue weighted by atomic mass is 16.4. The van der Waals surface area contributed by atoms with Crippen molar-refractivity contribution >= 4 is 17.5 Å². The van der Waals surface area contributed by atoms with E-state index in [9.17, 15) is 14.4 Å². The Hall–Kier alpha value is -1.19. The van der Waals surface area contributed by atoms with Crippen molar-refractivity contribution in [1.82, 2.24) is 0 Å². The van der Waals surface area contributed by atoms with E-state index in [1.807, 2.05) is 6.92 Å². The smallest absolute Gasteiger partial charge is 0.303 e. The molecule has 3 aliphatic rings. The van der Waals surface area contributed by atoms with Gasteiger partial charge in [-0.3, -0.25) is 14.4 Å². The summed E-state index contributed by atoms with van der Waals surface area (Å²) in [6.45, 7) is 6.03. The van der Waals surface area contributed by atoms with E-state index < -0.39 is 11.4 Å². The first-order chi connectivity index (χ1) is 11.2. The lowest BCUT2D eigenvalue weighted by Crippen LogP contribution is -2.52. The fourth-order valence-corrected chi connectivity index (χ4v) is 6.63. The van der Waals surface area contributed by atoms with Crippen LogP contribution in [0.4, 0.5) is 0 Å². The van der Waals surface area contributed by atoms with Gasteiger partial charge in [0.05, 0.1) is 0 Å². The summed E-state index contributed by atoms with van der Waals surface area (Å²) < 4.78 is 0. The maximum Gasteiger partial charge on any atom is 0.303 e. The van der Waals surface area contributed by atoms with Crippen molar-refractivity contribution in [3.8, 4) is 0 Å². The van der Waals surface area contributed by atoms with E-state index in [0.29, 0.717) is 36.4 Å². The predicted octanol–water partition coefficient (Wildman–Crippen LogP) is 3.87. The SMILES string of the molecule is CC(=O)[C@H]1CCC2[C@@H]3CCC(=O)[C@](C)(CCC(=O)O)C3CC[C@@]21C. The Balaban J connectivity index is 1.87.